The van der Waals surface area contributed by atoms with E-state index in [1.165, 1.54) is 17.0 Å². The van der Waals surface area contributed by atoms with Crippen molar-refractivity contribution >= 4 is 11.7 Å². The van der Waals surface area contributed by atoms with E-state index in [0.29, 0.717) is 0 Å². The molecule has 0 bridgehead atoms. The number of hydrogen-bond acceptors (Lipinski definition) is 3. The lowest BCUT2D eigenvalue weighted by molar-refractivity contribution is -0.146. The number of hydrogen-bond donors (Lipinski definition) is 1. The van der Waals surface area contributed by atoms with Gasteiger partial charge in [-0.05, 0) is 12.1 Å². The first-order valence-electron chi connectivity index (χ1n) is 6.34. The normalized spacial score (nSPS) is 17.0. The molecule has 0 amide bonds. The second-order valence-corrected chi connectivity index (χ2v) is 4.82. The zero-order valence-corrected chi connectivity index (χ0v) is 11.0. The molecule has 1 aromatic carbocycles. The van der Waals surface area contributed by atoms with Gasteiger partial charge in [-0.2, -0.15) is 13.2 Å². The van der Waals surface area contributed by atoms with Gasteiger partial charge in [-0.15, -0.1) is 0 Å². The Labute approximate surface area is 118 Å². The number of anilines is 1. The quantitative estimate of drug-likeness (QED) is 0.870. The van der Waals surface area contributed by atoms with Gasteiger partial charge in [0.1, 0.15) is 11.4 Å². The third kappa shape index (κ3) is 3.84. The van der Waals surface area contributed by atoms with E-state index >= 15 is 0 Å². The fourth-order valence-electron chi connectivity index (χ4n) is 2.39. The number of nitrogens with zero attached hydrogens (tertiary/aromatic N) is 2. The highest BCUT2D eigenvalue weighted by atomic mass is 19.4. The van der Waals surface area contributed by atoms with Crippen molar-refractivity contribution < 1.29 is 27.5 Å². The Morgan fingerprint density at radius 2 is 1.81 bits per heavy atom. The minimum absolute atomic E-state index is 0.148. The van der Waals surface area contributed by atoms with Gasteiger partial charge in [0, 0.05) is 26.2 Å². The number of carboxylic acids is 1. The molecule has 1 heterocycles. The van der Waals surface area contributed by atoms with Gasteiger partial charge in [0.25, 0.3) is 0 Å². The van der Waals surface area contributed by atoms with E-state index in [-0.39, 0.29) is 31.9 Å². The molecule has 21 heavy (non-hydrogen) atoms. The van der Waals surface area contributed by atoms with Crippen LogP contribution in [0.2, 0.25) is 0 Å². The lowest BCUT2D eigenvalue weighted by Crippen LogP contribution is -2.49. The highest BCUT2D eigenvalue weighted by Crippen LogP contribution is 2.25. The summed E-state index contributed by atoms with van der Waals surface area (Å²) in [7, 11) is 0. The van der Waals surface area contributed by atoms with Crippen molar-refractivity contribution in [2.75, 3.05) is 37.6 Å². The molecule has 0 atom stereocenters. The van der Waals surface area contributed by atoms with Crippen LogP contribution in [0.1, 0.15) is 10.4 Å². The molecule has 1 fully saturated rings. The molecule has 1 aliphatic heterocycles. The Bertz CT molecular complexity index is 525. The van der Waals surface area contributed by atoms with E-state index in [1.54, 1.807) is 4.90 Å². The van der Waals surface area contributed by atoms with E-state index in [0.717, 1.165) is 6.07 Å². The lowest BCUT2D eigenvalue weighted by atomic mass is 10.1. The molecule has 0 spiro atoms. The fraction of sp³-hybridized carbons (Fsp3) is 0.462. The monoisotopic (exact) mass is 306 g/mol. The molecule has 1 aliphatic rings. The van der Waals surface area contributed by atoms with Crippen LogP contribution in [0.3, 0.4) is 0 Å². The summed E-state index contributed by atoms with van der Waals surface area (Å²) >= 11 is 0. The smallest absolute Gasteiger partial charge is 0.401 e. The number of rotatable bonds is 3. The summed E-state index contributed by atoms with van der Waals surface area (Å²) < 4.78 is 50.5. The number of benzene rings is 1. The summed E-state index contributed by atoms with van der Waals surface area (Å²) in [4.78, 5) is 14.0. The number of alkyl halides is 3. The Hall–Kier alpha value is -1.83. The maximum atomic E-state index is 13.6. The van der Waals surface area contributed by atoms with Crippen LogP contribution in [-0.2, 0) is 0 Å². The molecular weight excluding hydrogens is 292 g/mol. The van der Waals surface area contributed by atoms with Crippen LogP contribution in [0, 0.1) is 5.82 Å². The maximum absolute atomic E-state index is 13.6. The molecule has 2 rings (SSSR count). The number of carbonyl (C=O) groups is 1. The number of halogens is 4. The standard InChI is InChI=1S/C13H14F4N2O2/c14-9-2-1-3-10(11(9)12(20)21)19-6-4-18(5-7-19)8-13(15,16)17/h1-3H,4-8H2,(H,20,21). The molecule has 0 saturated carbocycles. The Kier molecular flexibility index (Phi) is 4.36. The van der Waals surface area contributed by atoms with E-state index in [2.05, 4.69) is 0 Å². The van der Waals surface area contributed by atoms with E-state index < -0.39 is 30.1 Å². The minimum Gasteiger partial charge on any atom is -0.478 e. The van der Waals surface area contributed by atoms with Crippen molar-refractivity contribution in [2.24, 2.45) is 0 Å². The second kappa shape index (κ2) is 5.88. The highest BCUT2D eigenvalue weighted by Gasteiger charge is 2.32. The van der Waals surface area contributed by atoms with Gasteiger partial charge in [0.15, 0.2) is 0 Å². The van der Waals surface area contributed by atoms with E-state index in [9.17, 15) is 22.4 Å². The van der Waals surface area contributed by atoms with Crippen molar-refractivity contribution in [1.82, 2.24) is 4.90 Å². The topological polar surface area (TPSA) is 43.8 Å². The van der Waals surface area contributed by atoms with Gasteiger partial charge in [0.05, 0.1) is 12.2 Å². The molecule has 0 unspecified atom stereocenters. The summed E-state index contributed by atoms with van der Waals surface area (Å²) in [5, 5.41) is 9.06. The third-order valence-corrected chi connectivity index (χ3v) is 3.32. The fourth-order valence-corrected chi connectivity index (χ4v) is 2.39. The molecule has 0 radical (unpaired) electrons. The Balaban J connectivity index is 2.10. The van der Waals surface area contributed by atoms with Crippen LogP contribution in [-0.4, -0.2) is 54.9 Å². The molecule has 1 N–H and O–H groups in total. The molecule has 0 aliphatic carbocycles. The zero-order chi connectivity index (χ0) is 15.6. The molecule has 8 heteroatoms. The van der Waals surface area contributed by atoms with Crippen molar-refractivity contribution in [3.8, 4) is 0 Å². The largest absolute Gasteiger partial charge is 0.478 e. The van der Waals surface area contributed by atoms with Gasteiger partial charge < -0.3 is 10.0 Å². The lowest BCUT2D eigenvalue weighted by Gasteiger charge is -2.36. The zero-order valence-electron chi connectivity index (χ0n) is 11.0. The SMILES string of the molecule is O=C(O)c1c(F)cccc1N1CCN(CC(F)(F)F)CC1. The summed E-state index contributed by atoms with van der Waals surface area (Å²) in [5.74, 6) is -2.24. The maximum Gasteiger partial charge on any atom is 0.401 e. The van der Waals surface area contributed by atoms with E-state index in [1.807, 2.05) is 0 Å². The predicted octanol–water partition coefficient (Wildman–Crippen LogP) is 2.21. The van der Waals surface area contributed by atoms with Gasteiger partial charge >= 0.3 is 12.1 Å². The average Bonchev–Trinajstić information content (AvgIpc) is 2.37. The third-order valence-electron chi connectivity index (χ3n) is 3.32. The van der Waals surface area contributed by atoms with Crippen molar-refractivity contribution in [2.45, 2.75) is 6.18 Å². The predicted molar refractivity (Wildman–Crippen MR) is 68.1 cm³/mol. The van der Waals surface area contributed by atoms with Crippen LogP contribution < -0.4 is 4.90 Å². The highest BCUT2D eigenvalue weighted by molar-refractivity contribution is 5.94. The van der Waals surface area contributed by atoms with Gasteiger partial charge in [-0.25, -0.2) is 9.18 Å². The summed E-state index contributed by atoms with van der Waals surface area (Å²) in [6.07, 6.45) is -4.26. The van der Waals surface area contributed by atoms with Crippen LogP contribution >= 0.6 is 0 Å². The Morgan fingerprint density at radius 1 is 1.19 bits per heavy atom. The first-order valence-corrected chi connectivity index (χ1v) is 6.34. The molecular formula is C13H14F4N2O2. The van der Waals surface area contributed by atoms with Crippen LogP contribution in [0.4, 0.5) is 23.2 Å². The molecule has 1 saturated heterocycles. The van der Waals surface area contributed by atoms with Crippen LogP contribution in [0.15, 0.2) is 18.2 Å². The van der Waals surface area contributed by atoms with E-state index in [4.69, 9.17) is 5.11 Å². The summed E-state index contributed by atoms with van der Waals surface area (Å²) in [6.45, 7) is -0.250. The number of aromatic carboxylic acids is 1. The summed E-state index contributed by atoms with van der Waals surface area (Å²) in [5.41, 5.74) is -0.240. The molecule has 116 valence electrons. The first-order chi connectivity index (χ1) is 9.78. The van der Waals surface area contributed by atoms with Gasteiger partial charge in [0.2, 0.25) is 0 Å². The van der Waals surface area contributed by atoms with Gasteiger partial charge in [-0.1, -0.05) is 6.07 Å². The van der Waals surface area contributed by atoms with Crippen LogP contribution in [0.5, 0.6) is 0 Å². The number of piperazine rings is 1. The Morgan fingerprint density at radius 3 is 2.33 bits per heavy atom. The second-order valence-electron chi connectivity index (χ2n) is 4.82. The summed E-state index contributed by atoms with van der Waals surface area (Å²) in [6, 6.07) is 3.90. The van der Waals surface area contributed by atoms with Gasteiger partial charge in [-0.3, -0.25) is 4.90 Å². The molecule has 4 nitrogen and oxygen atoms in total. The average molecular weight is 306 g/mol. The molecule has 0 aromatic heterocycles. The van der Waals surface area contributed by atoms with Crippen molar-refractivity contribution in [1.29, 1.82) is 0 Å². The van der Waals surface area contributed by atoms with Crippen molar-refractivity contribution in [3.05, 3.63) is 29.6 Å². The number of carboxylic acid groups (broad SMARTS) is 1. The molecule has 1 aromatic rings. The first kappa shape index (κ1) is 15.6. The van der Waals surface area contributed by atoms with Crippen molar-refractivity contribution in [3.63, 3.8) is 0 Å². The van der Waals surface area contributed by atoms with Crippen LogP contribution in [0.25, 0.3) is 0 Å². The minimum atomic E-state index is -4.26.